The van der Waals surface area contributed by atoms with Crippen LogP contribution >= 0.6 is 23.2 Å². The van der Waals surface area contributed by atoms with E-state index in [9.17, 15) is 55.2 Å². The fraction of sp³-hybridized carbons (Fsp3) is 0.574. The van der Waals surface area contributed by atoms with Gasteiger partial charge in [-0.3, -0.25) is 19.4 Å². The Hall–Kier alpha value is -4.06. The quantitative estimate of drug-likeness (QED) is 0.0385. The van der Waals surface area contributed by atoms with Crippen molar-refractivity contribution >= 4 is 40.9 Å². The Balaban J connectivity index is 1.14. The van der Waals surface area contributed by atoms with Crippen LogP contribution in [0.3, 0.4) is 0 Å². The molecule has 0 aliphatic heterocycles. The van der Waals surface area contributed by atoms with Gasteiger partial charge in [-0.2, -0.15) is 0 Å². The lowest BCUT2D eigenvalue weighted by molar-refractivity contribution is -0.133. The normalized spacial score (nSPS) is 17.8. The van der Waals surface area contributed by atoms with Gasteiger partial charge in [-0.05, 0) is 91.5 Å². The van der Waals surface area contributed by atoms with Crippen molar-refractivity contribution < 1.29 is 70.2 Å². The number of amides is 3. The second-order valence-electron chi connectivity index (χ2n) is 17.5. The predicted molar refractivity (Wildman–Crippen MR) is 249 cm³/mol. The van der Waals surface area contributed by atoms with Crippen LogP contribution in [-0.4, -0.2) is 173 Å². The number of carbonyl (C=O) groups excluding carboxylic acids is 3. The largest absolute Gasteiger partial charge is 0.490 e. The van der Waals surface area contributed by atoms with E-state index in [1.807, 2.05) is 42.6 Å². The minimum absolute atomic E-state index is 0.0259. The van der Waals surface area contributed by atoms with Crippen LogP contribution in [0.25, 0.3) is 11.1 Å². The highest BCUT2D eigenvalue weighted by atomic mass is 35.5. The highest BCUT2D eigenvalue weighted by molar-refractivity contribution is 6.34. The van der Waals surface area contributed by atoms with Gasteiger partial charge in [0.15, 0.2) is 0 Å². The number of ether oxygens (including phenoxy) is 1. The molecule has 0 bridgehead atoms. The molecule has 19 nitrogen and oxygen atoms in total. The molecule has 5 rings (SSSR count). The molecule has 8 atom stereocenters. The smallest absolute Gasteiger partial charge is 0.222 e. The number of aromatic nitrogens is 1. The minimum Gasteiger partial charge on any atom is -0.490 e. The van der Waals surface area contributed by atoms with E-state index in [-0.39, 0.29) is 44.0 Å². The van der Waals surface area contributed by atoms with E-state index in [1.165, 1.54) is 4.90 Å². The summed E-state index contributed by atoms with van der Waals surface area (Å²) in [6, 6.07) is 13.7. The summed E-state index contributed by atoms with van der Waals surface area (Å²) in [6.45, 7) is -2.71. The number of nitrogens with one attached hydrogen (secondary N) is 3. The first-order valence-electron chi connectivity index (χ1n) is 22.9. The van der Waals surface area contributed by atoms with E-state index in [1.54, 1.807) is 6.20 Å². The summed E-state index contributed by atoms with van der Waals surface area (Å²) in [4.78, 5) is 44.7. The van der Waals surface area contributed by atoms with Crippen molar-refractivity contribution in [2.75, 3.05) is 39.4 Å². The number of hydrogen-bond donors (Lipinski definition) is 13. The maximum atomic E-state index is 13.5. The zero-order valence-electron chi connectivity index (χ0n) is 37.7. The third-order valence-electron chi connectivity index (χ3n) is 12.2. The van der Waals surface area contributed by atoms with Crippen molar-refractivity contribution in [3.05, 3.63) is 81.6 Å². The molecule has 3 aromatic rings. The van der Waals surface area contributed by atoms with Gasteiger partial charge in [0.2, 0.25) is 17.7 Å². The van der Waals surface area contributed by atoms with E-state index in [0.29, 0.717) is 35.9 Å². The monoisotopic (exact) mass is 993 g/mol. The molecule has 2 saturated carbocycles. The predicted octanol–water partition coefficient (Wildman–Crippen LogP) is -0.199. The molecule has 0 unspecified atom stereocenters. The summed E-state index contributed by atoms with van der Waals surface area (Å²) in [5, 5.41) is 107. The lowest BCUT2D eigenvalue weighted by Crippen LogP contribution is -2.50. The second-order valence-corrected chi connectivity index (χ2v) is 18.3. The number of carbonyl (C=O) groups is 3. The number of aliphatic hydroxyl groups excluding tert-OH is 10. The molecule has 13 N–H and O–H groups in total. The number of nitrogens with zero attached hydrogens (tertiary/aromatic N) is 2. The standard InChI is InChI=1S/C47H65Cl2N5O14/c48-33-20-28(21-53-47(14-15-47)32-22-50-16-11-30(32)31-6-2-3-7-39(31)68-29-9-10-29)34(49)19-27(33)5-1-4-8-42(63)54(17-12-40(61)51-23-35(57)43(64)45(66)37(59)25-55)18-13-41(62)52-24-36(58)44(65)46(67)38(60)26-56/h2-3,6-7,11,16,19-20,22,29,35-38,43-46,53,55-60,64-67H,1,4-5,8-10,12-15,17-18,21,23-26H2,(H,51,61)(H,52,62)/t35-,36-,37+,38+,43+,44+,45+,46+/m1/s1. The lowest BCUT2D eigenvalue weighted by Gasteiger charge is -2.26. The van der Waals surface area contributed by atoms with Crippen LogP contribution in [0.5, 0.6) is 5.75 Å². The summed E-state index contributed by atoms with van der Waals surface area (Å²) in [7, 11) is 0. The molecule has 21 heteroatoms. The molecule has 0 radical (unpaired) electrons. The van der Waals surface area contributed by atoms with Crippen LogP contribution in [0.1, 0.15) is 74.5 Å². The Labute approximate surface area is 404 Å². The van der Waals surface area contributed by atoms with E-state index in [4.69, 9.17) is 38.2 Å². The lowest BCUT2D eigenvalue weighted by atomic mass is 9.94. The van der Waals surface area contributed by atoms with Gasteiger partial charge in [0, 0.05) is 85.5 Å². The molecule has 2 fully saturated rings. The van der Waals surface area contributed by atoms with Crippen molar-refractivity contribution in [1.29, 1.82) is 0 Å². The number of aliphatic hydroxyl groups is 10. The Morgan fingerprint density at radius 3 is 1.82 bits per heavy atom. The summed E-state index contributed by atoms with van der Waals surface area (Å²) in [5.74, 6) is -0.851. The van der Waals surface area contributed by atoms with Crippen molar-refractivity contribution in [1.82, 2.24) is 25.8 Å². The van der Waals surface area contributed by atoms with E-state index in [2.05, 4.69) is 27.0 Å². The van der Waals surface area contributed by atoms with Crippen molar-refractivity contribution in [3.8, 4) is 16.9 Å². The van der Waals surface area contributed by atoms with Crippen LogP contribution < -0.4 is 20.7 Å². The van der Waals surface area contributed by atoms with Gasteiger partial charge in [0.1, 0.15) is 42.4 Å². The zero-order valence-corrected chi connectivity index (χ0v) is 39.2. The zero-order chi connectivity index (χ0) is 49.5. The topological polar surface area (TPSA) is 315 Å². The van der Waals surface area contributed by atoms with Crippen molar-refractivity contribution in [2.45, 2.75) is 131 Å². The summed E-state index contributed by atoms with van der Waals surface area (Å²) in [6.07, 6.45) is -5.72. The van der Waals surface area contributed by atoms with Crippen LogP contribution in [0.2, 0.25) is 10.0 Å². The summed E-state index contributed by atoms with van der Waals surface area (Å²) >= 11 is 13.6. The fourth-order valence-electron chi connectivity index (χ4n) is 7.62. The van der Waals surface area contributed by atoms with E-state index < -0.39 is 92.9 Å². The molecule has 3 amide bonds. The van der Waals surface area contributed by atoms with Crippen LogP contribution in [-0.2, 0) is 32.9 Å². The SMILES string of the molecule is O=C(CCN(CCC(=O)NC[C@@H](O)[C@H](O)[C@@H](O)[C@@H](O)CO)C(=O)CCCCc1cc(Cl)c(CNC2(c3cnccc3-c3ccccc3OC3CC3)CC2)cc1Cl)NC[C@@H](O)[C@H](O)[C@@H](O)[C@@H](O)CO. The molecule has 2 aromatic carbocycles. The number of benzene rings is 2. The molecule has 68 heavy (non-hydrogen) atoms. The Morgan fingerprint density at radius 2 is 1.26 bits per heavy atom. The van der Waals surface area contributed by atoms with Crippen LogP contribution in [0.15, 0.2) is 54.9 Å². The van der Waals surface area contributed by atoms with Gasteiger partial charge < -0.3 is 76.7 Å². The number of aryl methyl sites for hydroxylation is 1. The first-order chi connectivity index (χ1) is 32.5. The fourth-order valence-corrected chi connectivity index (χ4v) is 8.15. The summed E-state index contributed by atoms with van der Waals surface area (Å²) in [5.41, 5.74) is 4.48. The number of para-hydroxylation sites is 1. The van der Waals surface area contributed by atoms with Crippen LogP contribution in [0, 0.1) is 0 Å². The average molecular weight is 995 g/mol. The van der Waals surface area contributed by atoms with Crippen molar-refractivity contribution in [3.63, 3.8) is 0 Å². The third-order valence-corrected chi connectivity index (χ3v) is 12.9. The molecule has 2 aliphatic carbocycles. The minimum atomic E-state index is -1.90. The number of unbranched alkanes of at least 4 members (excludes halogenated alkanes) is 1. The van der Waals surface area contributed by atoms with Gasteiger partial charge in [0.05, 0.1) is 31.5 Å². The molecule has 0 spiro atoms. The van der Waals surface area contributed by atoms with Crippen molar-refractivity contribution in [2.24, 2.45) is 0 Å². The number of pyridine rings is 1. The van der Waals surface area contributed by atoms with Gasteiger partial charge >= 0.3 is 0 Å². The van der Waals surface area contributed by atoms with Gasteiger partial charge in [-0.25, -0.2) is 0 Å². The van der Waals surface area contributed by atoms with E-state index >= 15 is 0 Å². The number of rotatable bonds is 30. The molecule has 1 aromatic heterocycles. The first kappa shape index (κ1) is 54.9. The average Bonchev–Trinajstić information content (AvgIpc) is 4.30. The van der Waals surface area contributed by atoms with Gasteiger partial charge in [-0.15, -0.1) is 0 Å². The highest BCUT2D eigenvalue weighted by Gasteiger charge is 2.46. The molecule has 0 saturated heterocycles. The van der Waals surface area contributed by atoms with Gasteiger partial charge in [-0.1, -0.05) is 41.4 Å². The third kappa shape index (κ3) is 15.7. The van der Waals surface area contributed by atoms with Crippen LogP contribution in [0.4, 0.5) is 0 Å². The Bertz CT molecular complexity index is 2070. The van der Waals surface area contributed by atoms with Gasteiger partial charge in [0.25, 0.3) is 0 Å². The molecular weight excluding hydrogens is 929 g/mol. The molecule has 1 heterocycles. The molecule has 376 valence electrons. The number of hydrogen-bond acceptors (Lipinski definition) is 16. The Kier molecular flexibility index (Phi) is 21.2. The first-order valence-corrected chi connectivity index (χ1v) is 23.6. The second kappa shape index (κ2) is 26.2. The van der Waals surface area contributed by atoms with E-state index in [0.717, 1.165) is 59.3 Å². The summed E-state index contributed by atoms with van der Waals surface area (Å²) < 4.78 is 6.25. The maximum Gasteiger partial charge on any atom is 0.222 e. The maximum absolute atomic E-state index is 13.5. The highest BCUT2D eigenvalue weighted by Crippen LogP contribution is 2.50. The molecular formula is C47H65Cl2N5O14. The molecule has 2 aliphatic rings. The number of halogens is 2. The Morgan fingerprint density at radius 1 is 0.721 bits per heavy atom.